The molecule has 1 fully saturated rings. The molecule has 114 valence electrons. The Morgan fingerprint density at radius 3 is 2.76 bits per heavy atom. The second kappa shape index (κ2) is 6.61. The van der Waals surface area contributed by atoms with Crippen molar-refractivity contribution in [2.24, 2.45) is 5.92 Å². The molecule has 2 N–H and O–H groups in total. The van der Waals surface area contributed by atoms with Gasteiger partial charge in [0.25, 0.3) is 0 Å². The average Bonchev–Trinajstić information content (AvgIpc) is 3.31. The number of fused-ring (bicyclic) bond motifs is 1. The molecule has 0 spiro atoms. The summed E-state index contributed by atoms with van der Waals surface area (Å²) in [5, 5.41) is 6.34. The van der Waals surface area contributed by atoms with E-state index in [1.54, 1.807) is 0 Å². The molecule has 0 bridgehead atoms. The van der Waals surface area contributed by atoms with Crippen LogP contribution in [0.2, 0.25) is 0 Å². The minimum absolute atomic E-state index is 0.0902. The van der Waals surface area contributed by atoms with E-state index >= 15 is 0 Å². The summed E-state index contributed by atoms with van der Waals surface area (Å²) in [6.07, 6.45) is 7.64. The normalized spacial score (nSPS) is 18.9. The summed E-state index contributed by atoms with van der Waals surface area (Å²) >= 11 is 0. The molecule has 0 aliphatic heterocycles. The molecule has 0 heterocycles. The molecular formula is C18H26N2O. The lowest BCUT2D eigenvalue weighted by Crippen LogP contribution is -2.36. The molecule has 1 aromatic rings. The predicted octanol–water partition coefficient (Wildman–Crippen LogP) is 2.74. The quantitative estimate of drug-likeness (QED) is 0.844. The summed E-state index contributed by atoms with van der Waals surface area (Å²) in [7, 11) is 0. The molecule has 2 aliphatic rings. The van der Waals surface area contributed by atoms with E-state index in [0.29, 0.717) is 6.54 Å². The molecule has 3 nitrogen and oxygen atoms in total. The van der Waals surface area contributed by atoms with Crippen molar-refractivity contribution in [3.8, 4) is 0 Å². The van der Waals surface area contributed by atoms with Crippen molar-refractivity contribution >= 4 is 5.91 Å². The van der Waals surface area contributed by atoms with Crippen molar-refractivity contribution in [3.63, 3.8) is 0 Å². The summed E-state index contributed by atoms with van der Waals surface area (Å²) < 4.78 is 0. The van der Waals surface area contributed by atoms with E-state index in [-0.39, 0.29) is 11.9 Å². The Morgan fingerprint density at radius 2 is 2.00 bits per heavy atom. The molecule has 3 rings (SSSR count). The highest BCUT2D eigenvalue weighted by Crippen LogP contribution is 2.27. The van der Waals surface area contributed by atoms with Crippen molar-refractivity contribution in [1.82, 2.24) is 10.6 Å². The number of aryl methyl sites for hydroxylation is 2. The Kier molecular flexibility index (Phi) is 4.59. The number of rotatable bonds is 6. The van der Waals surface area contributed by atoms with Crippen LogP contribution in [0.3, 0.4) is 0 Å². The van der Waals surface area contributed by atoms with Gasteiger partial charge in [-0.3, -0.25) is 4.79 Å². The van der Waals surface area contributed by atoms with Crippen LogP contribution >= 0.6 is 0 Å². The van der Waals surface area contributed by atoms with Crippen molar-refractivity contribution < 1.29 is 4.79 Å². The lowest BCUT2D eigenvalue weighted by atomic mass is 9.89. The van der Waals surface area contributed by atoms with Gasteiger partial charge in [-0.15, -0.1) is 0 Å². The number of carbonyl (C=O) groups excluding carboxylic acids is 1. The molecular weight excluding hydrogens is 260 g/mol. The van der Waals surface area contributed by atoms with E-state index in [1.807, 2.05) is 0 Å². The SMILES string of the molecule is CC(NC(=O)CNCC1CC1)c1ccc2c(c1)CCCC2. The van der Waals surface area contributed by atoms with Gasteiger partial charge in [0, 0.05) is 0 Å². The zero-order valence-corrected chi connectivity index (χ0v) is 13.0. The third-order valence-corrected chi connectivity index (χ3v) is 4.67. The summed E-state index contributed by atoms with van der Waals surface area (Å²) in [4.78, 5) is 11.9. The molecule has 3 heteroatoms. The van der Waals surface area contributed by atoms with Gasteiger partial charge >= 0.3 is 0 Å². The summed E-state index contributed by atoms with van der Waals surface area (Å²) in [6.45, 7) is 3.50. The first-order chi connectivity index (χ1) is 10.2. The summed E-state index contributed by atoms with van der Waals surface area (Å²) in [6, 6.07) is 6.80. The van der Waals surface area contributed by atoms with Crippen molar-refractivity contribution in [2.45, 2.75) is 51.5 Å². The third-order valence-electron chi connectivity index (χ3n) is 4.67. The number of nitrogens with one attached hydrogen (secondary N) is 2. The number of benzene rings is 1. The molecule has 2 aliphatic carbocycles. The Balaban J connectivity index is 1.51. The van der Waals surface area contributed by atoms with Gasteiger partial charge in [0.15, 0.2) is 0 Å². The van der Waals surface area contributed by atoms with Crippen molar-refractivity contribution in [1.29, 1.82) is 0 Å². The Labute approximate surface area is 127 Å². The number of carbonyl (C=O) groups is 1. The van der Waals surface area contributed by atoms with Gasteiger partial charge in [-0.05, 0) is 74.6 Å². The fourth-order valence-corrected chi connectivity index (χ4v) is 3.11. The lowest BCUT2D eigenvalue weighted by Gasteiger charge is -2.20. The predicted molar refractivity (Wildman–Crippen MR) is 85.2 cm³/mol. The molecule has 21 heavy (non-hydrogen) atoms. The van der Waals surface area contributed by atoms with Crippen LogP contribution in [0.15, 0.2) is 18.2 Å². The average molecular weight is 286 g/mol. The fraction of sp³-hybridized carbons (Fsp3) is 0.611. The maximum atomic E-state index is 11.9. The highest BCUT2D eigenvalue weighted by Gasteiger charge is 2.21. The molecule has 0 saturated heterocycles. The van der Waals surface area contributed by atoms with E-state index in [4.69, 9.17) is 0 Å². The highest BCUT2D eigenvalue weighted by molar-refractivity contribution is 5.78. The van der Waals surface area contributed by atoms with Crippen molar-refractivity contribution in [3.05, 3.63) is 34.9 Å². The minimum atomic E-state index is 0.0902. The summed E-state index contributed by atoms with van der Waals surface area (Å²) in [5.41, 5.74) is 4.20. The van der Waals surface area contributed by atoms with Crippen LogP contribution in [-0.4, -0.2) is 19.0 Å². The van der Waals surface area contributed by atoms with E-state index in [0.717, 1.165) is 12.5 Å². The largest absolute Gasteiger partial charge is 0.348 e. The zero-order valence-electron chi connectivity index (χ0n) is 13.0. The molecule has 1 aromatic carbocycles. The van der Waals surface area contributed by atoms with Gasteiger partial charge in [0.2, 0.25) is 5.91 Å². The number of hydrogen-bond donors (Lipinski definition) is 2. The minimum Gasteiger partial charge on any atom is -0.348 e. The first-order valence-electron chi connectivity index (χ1n) is 8.34. The van der Waals surface area contributed by atoms with Crippen LogP contribution in [0.1, 0.15) is 55.3 Å². The van der Waals surface area contributed by atoms with Crippen molar-refractivity contribution in [2.75, 3.05) is 13.1 Å². The zero-order chi connectivity index (χ0) is 14.7. The topological polar surface area (TPSA) is 41.1 Å². The van der Waals surface area contributed by atoms with Crippen LogP contribution in [0.4, 0.5) is 0 Å². The fourth-order valence-electron chi connectivity index (χ4n) is 3.11. The molecule has 1 saturated carbocycles. The van der Waals surface area contributed by atoms with Gasteiger partial charge in [-0.2, -0.15) is 0 Å². The molecule has 1 atom stereocenters. The monoisotopic (exact) mass is 286 g/mol. The van der Waals surface area contributed by atoms with Crippen LogP contribution in [0.5, 0.6) is 0 Å². The second-order valence-corrected chi connectivity index (χ2v) is 6.60. The van der Waals surface area contributed by atoms with Crippen LogP contribution in [-0.2, 0) is 17.6 Å². The summed E-state index contributed by atoms with van der Waals surface area (Å²) in [5.74, 6) is 0.914. The molecule has 1 unspecified atom stereocenters. The van der Waals surface area contributed by atoms with Gasteiger partial charge in [-0.1, -0.05) is 18.2 Å². The smallest absolute Gasteiger partial charge is 0.234 e. The maximum absolute atomic E-state index is 11.9. The number of amides is 1. The first-order valence-corrected chi connectivity index (χ1v) is 8.34. The van der Waals surface area contributed by atoms with Crippen LogP contribution in [0.25, 0.3) is 0 Å². The Bertz CT molecular complexity index is 508. The van der Waals surface area contributed by atoms with E-state index in [2.05, 4.69) is 35.8 Å². The van der Waals surface area contributed by atoms with Gasteiger partial charge in [-0.25, -0.2) is 0 Å². The van der Waals surface area contributed by atoms with E-state index in [9.17, 15) is 4.79 Å². The van der Waals surface area contributed by atoms with E-state index < -0.39 is 0 Å². The molecule has 1 amide bonds. The molecule has 0 radical (unpaired) electrons. The van der Waals surface area contributed by atoms with Crippen LogP contribution < -0.4 is 10.6 Å². The Hall–Kier alpha value is -1.35. The van der Waals surface area contributed by atoms with E-state index in [1.165, 1.54) is 55.2 Å². The standard InChI is InChI=1S/C18H26N2O/c1-13(20-18(21)12-19-11-14-6-7-14)16-9-8-15-4-2-3-5-17(15)10-16/h8-10,13-14,19H,2-7,11-12H2,1H3,(H,20,21). The van der Waals surface area contributed by atoms with Gasteiger partial charge in [0.1, 0.15) is 0 Å². The van der Waals surface area contributed by atoms with Gasteiger partial charge in [0.05, 0.1) is 12.6 Å². The lowest BCUT2D eigenvalue weighted by molar-refractivity contribution is -0.120. The Morgan fingerprint density at radius 1 is 1.24 bits per heavy atom. The first kappa shape index (κ1) is 14.6. The second-order valence-electron chi connectivity index (χ2n) is 6.60. The third kappa shape index (κ3) is 4.07. The highest BCUT2D eigenvalue weighted by atomic mass is 16.1. The molecule has 0 aromatic heterocycles. The van der Waals surface area contributed by atoms with Crippen LogP contribution in [0, 0.1) is 5.92 Å². The maximum Gasteiger partial charge on any atom is 0.234 e. The number of hydrogen-bond acceptors (Lipinski definition) is 2. The van der Waals surface area contributed by atoms with Gasteiger partial charge < -0.3 is 10.6 Å².